The quantitative estimate of drug-likeness (QED) is 0.689. The molecule has 1 saturated carbocycles. The molecule has 0 atom stereocenters. The summed E-state index contributed by atoms with van der Waals surface area (Å²) in [5.74, 6) is -4.38. The molecule has 1 aliphatic rings. The van der Waals surface area contributed by atoms with Gasteiger partial charge in [-0.1, -0.05) is 6.07 Å². The third kappa shape index (κ3) is 4.09. The molecule has 3 rings (SSSR count). The molecular weight excluding hydrogens is 376 g/mol. The van der Waals surface area contributed by atoms with Crippen molar-refractivity contribution in [2.24, 2.45) is 5.92 Å². The Morgan fingerprint density at radius 3 is 2.14 bits per heavy atom. The zero-order valence-electron chi connectivity index (χ0n) is 15.5. The van der Waals surface area contributed by atoms with Crippen LogP contribution in [0, 0.1) is 29.2 Å². The predicted octanol–water partition coefficient (Wildman–Crippen LogP) is 5.10. The van der Waals surface area contributed by atoms with Crippen molar-refractivity contribution in [1.29, 1.82) is 0 Å². The number of ether oxygens (including phenoxy) is 2. The molecule has 152 valence electrons. The maximum atomic E-state index is 14.3. The second-order valence-corrected chi connectivity index (χ2v) is 7.02. The van der Waals surface area contributed by atoms with Gasteiger partial charge in [-0.2, -0.15) is 8.78 Å². The normalized spacial score (nSPS) is 19.5. The van der Waals surface area contributed by atoms with E-state index < -0.39 is 29.9 Å². The molecule has 7 heteroatoms. The number of benzene rings is 2. The van der Waals surface area contributed by atoms with Gasteiger partial charge in [-0.25, -0.2) is 8.78 Å². The topological polar surface area (TPSA) is 38.7 Å². The molecule has 0 saturated heterocycles. The number of aliphatic hydroxyl groups excluding tert-OH is 1. The molecule has 0 aliphatic heterocycles. The van der Waals surface area contributed by atoms with E-state index in [1.807, 2.05) is 0 Å². The van der Waals surface area contributed by atoms with Crippen molar-refractivity contribution in [2.75, 3.05) is 13.7 Å². The third-order valence-corrected chi connectivity index (χ3v) is 5.35. The summed E-state index contributed by atoms with van der Waals surface area (Å²) in [6, 6.07) is 5.56. The molecule has 1 fully saturated rings. The Labute approximate surface area is 160 Å². The minimum absolute atomic E-state index is 0.102. The maximum absolute atomic E-state index is 14.3. The molecule has 3 nitrogen and oxygen atoms in total. The monoisotopic (exact) mass is 398 g/mol. The van der Waals surface area contributed by atoms with E-state index in [2.05, 4.69) is 0 Å². The van der Waals surface area contributed by atoms with Gasteiger partial charge in [0.05, 0.1) is 20.3 Å². The summed E-state index contributed by atoms with van der Waals surface area (Å²) in [6.45, 7) is -0.378. The Balaban J connectivity index is 1.58. The summed E-state index contributed by atoms with van der Waals surface area (Å²) in [5, 5.41) is 8.95. The van der Waals surface area contributed by atoms with Gasteiger partial charge < -0.3 is 14.6 Å². The highest BCUT2D eigenvalue weighted by atomic mass is 19.2. The molecule has 0 heterocycles. The first kappa shape index (κ1) is 20.5. The number of halogens is 4. The highest BCUT2D eigenvalue weighted by molar-refractivity contribution is 5.33. The molecule has 0 unspecified atom stereocenters. The van der Waals surface area contributed by atoms with Crippen LogP contribution in [-0.4, -0.2) is 18.8 Å². The van der Waals surface area contributed by atoms with Crippen LogP contribution in [0.2, 0.25) is 0 Å². The first-order valence-electron chi connectivity index (χ1n) is 9.18. The highest BCUT2D eigenvalue weighted by Gasteiger charge is 2.27. The molecule has 1 N–H and O–H groups in total. The van der Waals surface area contributed by atoms with Crippen molar-refractivity contribution in [1.82, 2.24) is 0 Å². The molecule has 0 spiro atoms. The first-order chi connectivity index (χ1) is 13.5. The number of hydrogen-bond donors (Lipinski definition) is 1. The van der Waals surface area contributed by atoms with Gasteiger partial charge in [0.15, 0.2) is 23.1 Å². The van der Waals surface area contributed by atoms with E-state index >= 15 is 0 Å². The maximum Gasteiger partial charge on any atom is 0.200 e. The Morgan fingerprint density at radius 1 is 0.857 bits per heavy atom. The van der Waals surface area contributed by atoms with Gasteiger partial charge in [0.25, 0.3) is 0 Å². The van der Waals surface area contributed by atoms with E-state index in [0.717, 1.165) is 0 Å². The van der Waals surface area contributed by atoms with Crippen LogP contribution < -0.4 is 9.47 Å². The predicted molar refractivity (Wildman–Crippen MR) is 95.4 cm³/mol. The first-order valence-corrected chi connectivity index (χ1v) is 9.18. The van der Waals surface area contributed by atoms with Crippen LogP contribution in [-0.2, 0) is 6.61 Å². The average Bonchev–Trinajstić information content (AvgIpc) is 2.72. The van der Waals surface area contributed by atoms with E-state index in [1.54, 1.807) is 6.07 Å². The van der Waals surface area contributed by atoms with E-state index in [4.69, 9.17) is 14.6 Å². The molecule has 1 aliphatic carbocycles. The molecule has 2 aromatic carbocycles. The van der Waals surface area contributed by atoms with Crippen molar-refractivity contribution >= 4 is 0 Å². The SMILES string of the molecule is COc1ccc(C2CCC(COc3ccc(CO)c(F)c3F)CC2)c(F)c1F. The number of methoxy groups -OCH3 is 1. The van der Waals surface area contributed by atoms with Crippen LogP contribution >= 0.6 is 0 Å². The van der Waals surface area contributed by atoms with Crippen molar-refractivity contribution in [3.63, 3.8) is 0 Å². The van der Waals surface area contributed by atoms with Crippen molar-refractivity contribution in [3.05, 3.63) is 58.7 Å². The molecule has 0 bridgehead atoms. The van der Waals surface area contributed by atoms with Gasteiger partial charge >= 0.3 is 0 Å². The van der Waals surface area contributed by atoms with Crippen molar-refractivity contribution in [3.8, 4) is 11.5 Å². The summed E-state index contributed by atoms with van der Waals surface area (Å²) in [6.07, 6.45) is 2.71. The Bertz CT molecular complexity index is 833. The molecule has 28 heavy (non-hydrogen) atoms. The lowest BCUT2D eigenvalue weighted by Crippen LogP contribution is -2.20. The summed E-state index contributed by atoms with van der Waals surface area (Å²) in [5.41, 5.74) is 0.212. The van der Waals surface area contributed by atoms with Crippen molar-refractivity contribution < 1.29 is 32.1 Å². The van der Waals surface area contributed by atoms with Crippen LogP contribution in [0.15, 0.2) is 24.3 Å². The number of rotatable bonds is 6. The van der Waals surface area contributed by atoms with Gasteiger partial charge in [0.1, 0.15) is 0 Å². The lowest BCUT2D eigenvalue weighted by Gasteiger charge is -2.29. The highest BCUT2D eigenvalue weighted by Crippen LogP contribution is 2.39. The van der Waals surface area contributed by atoms with Gasteiger partial charge in [0.2, 0.25) is 11.6 Å². The van der Waals surface area contributed by atoms with E-state index in [9.17, 15) is 17.6 Å². The van der Waals surface area contributed by atoms with E-state index in [-0.39, 0.29) is 35.5 Å². The summed E-state index contributed by atoms with van der Waals surface area (Å²) < 4.78 is 66.0. The molecule has 0 aromatic heterocycles. The standard InChI is InChI=1S/C21H22F4O3/c1-27-16-9-7-15(19(23)20(16)24)13-4-2-12(3-5-13)11-28-17-8-6-14(10-26)18(22)21(17)25/h6-9,12-13,26H,2-5,10-11H2,1H3. The smallest absolute Gasteiger partial charge is 0.200 e. The zero-order chi connectivity index (χ0) is 20.3. The van der Waals surface area contributed by atoms with Gasteiger partial charge in [-0.15, -0.1) is 0 Å². The van der Waals surface area contributed by atoms with Crippen LogP contribution in [0.25, 0.3) is 0 Å². The Morgan fingerprint density at radius 2 is 1.50 bits per heavy atom. The Kier molecular flexibility index (Phi) is 6.44. The Hall–Kier alpha value is -2.28. The summed E-state index contributed by atoms with van der Waals surface area (Å²) >= 11 is 0. The summed E-state index contributed by atoms with van der Waals surface area (Å²) in [7, 11) is 1.29. The minimum Gasteiger partial charge on any atom is -0.494 e. The second-order valence-electron chi connectivity index (χ2n) is 7.02. The zero-order valence-corrected chi connectivity index (χ0v) is 15.5. The van der Waals surface area contributed by atoms with Crippen LogP contribution in [0.4, 0.5) is 17.6 Å². The largest absolute Gasteiger partial charge is 0.494 e. The molecular formula is C21H22F4O3. The molecule has 0 radical (unpaired) electrons. The fourth-order valence-corrected chi connectivity index (χ4v) is 3.67. The lowest BCUT2D eigenvalue weighted by molar-refractivity contribution is 0.191. The minimum atomic E-state index is -1.11. The van der Waals surface area contributed by atoms with E-state index in [0.29, 0.717) is 31.2 Å². The lowest BCUT2D eigenvalue weighted by atomic mass is 9.79. The van der Waals surface area contributed by atoms with Crippen LogP contribution in [0.5, 0.6) is 11.5 Å². The average molecular weight is 398 g/mol. The van der Waals surface area contributed by atoms with Crippen LogP contribution in [0.3, 0.4) is 0 Å². The van der Waals surface area contributed by atoms with Gasteiger partial charge in [-0.05, 0) is 61.3 Å². The van der Waals surface area contributed by atoms with Gasteiger partial charge in [0, 0.05) is 5.56 Å². The van der Waals surface area contributed by atoms with Crippen LogP contribution in [0.1, 0.15) is 42.7 Å². The van der Waals surface area contributed by atoms with Crippen molar-refractivity contribution in [2.45, 2.75) is 38.2 Å². The summed E-state index contributed by atoms with van der Waals surface area (Å²) in [4.78, 5) is 0. The number of aliphatic hydroxyl groups is 1. The fraction of sp³-hybridized carbons (Fsp3) is 0.429. The second kappa shape index (κ2) is 8.82. The third-order valence-electron chi connectivity index (χ3n) is 5.35. The fourth-order valence-electron chi connectivity index (χ4n) is 3.67. The molecule has 2 aromatic rings. The van der Waals surface area contributed by atoms with E-state index in [1.165, 1.54) is 25.3 Å². The molecule has 0 amide bonds. The van der Waals surface area contributed by atoms with Gasteiger partial charge in [-0.3, -0.25) is 0 Å². The number of hydrogen-bond acceptors (Lipinski definition) is 3.